The standard InChI is InChI=1S/C16H21NO3S/c1-16(2,3)20-15(18)17-13-6-12(11-4-5-21-10-11)7-14(17)9-19-8-13/h4-6,10,13-14H,7-9H2,1-3H3. The summed E-state index contributed by atoms with van der Waals surface area (Å²) < 4.78 is 11.2. The summed E-state index contributed by atoms with van der Waals surface area (Å²) in [6.07, 6.45) is 2.75. The molecule has 0 aromatic carbocycles. The monoisotopic (exact) mass is 307 g/mol. The molecule has 2 atom stereocenters. The van der Waals surface area contributed by atoms with E-state index in [0.29, 0.717) is 13.2 Å². The zero-order chi connectivity index (χ0) is 15.0. The number of carbonyl (C=O) groups is 1. The Bertz CT molecular complexity index is 544. The molecule has 2 aliphatic heterocycles. The first kappa shape index (κ1) is 14.6. The van der Waals surface area contributed by atoms with Crippen molar-refractivity contribution < 1.29 is 14.3 Å². The SMILES string of the molecule is CC(C)(C)OC(=O)N1C2C=C(c3ccsc3)CC1COC2. The average molecular weight is 307 g/mol. The van der Waals surface area contributed by atoms with Gasteiger partial charge in [0.25, 0.3) is 0 Å². The molecule has 2 unspecified atom stereocenters. The van der Waals surface area contributed by atoms with Crippen molar-refractivity contribution in [3.8, 4) is 0 Å². The Morgan fingerprint density at radius 1 is 1.43 bits per heavy atom. The van der Waals surface area contributed by atoms with Gasteiger partial charge in [-0.2, -0.15) is 11.3 Å². The van der Waals surface area contributed by atoms with Crippen LogP contribution in [0.5, 0.6) is 0 Å². The summed E-state index contributed by atoms with van der Waals surface area (Å²) in [5.74, 6) is 0. The molecule has 1 amide bonds. The fraction of sp³-hybridized carbons (Fsp3) is 0.562. The predicted octanol–water partition coefficient (Wildman–Crippen LogP) is 3.54. The van der Waals surface area contributed by atoms with E-state index in [9.17, 15) is 4.79 Å². The summed E-state index contributed by atoms with van der Waals surface area (Å²) in [7, 11) is 0. The van der Waals surface area contributed by atoms with Crippen molar-refractivity contribution in [3.63, 3.8) is 0 Å². The van der Waals surface area contributed by atoms with Crippen LogP contribution in [0.4, 0.5) is 4.79 Å². The molecular formula is C16H21NO3S. The Hall–Kier alpha value is -1.33. The molecule has 2 bridgehead atoms. The number of rotatable bonds is 1. The fourth-order valence-electron chi connectivity index (χ4n) is 2.86. The molecular weight excluding hydrogens is 286 g/mol. The summed E-state index contributed by atoms with van der Waals surface area (Å²) in [4.78, 5) is 14.3. The molecule has 0 saturated carbocycles. The van der Waals surface area contributed by atoms with E-state index in [-0.39, 0.29) is 18.2 Å². The Labute approximate surface area is 129 Å². The molecule has 114 valence electrons. The van der Waals surface area contributed by atoms with E-state index in [1.54, 1.807) is 11.3 Å². The van der Waals surface area contributed by atoms with E-state index in [1.807, 2.05) is 25.7 Å². The maximum absolute atomic E-state index is 12.4. The lowest BCUT2D eigenvalue weighted by Crippen LogP contribution is -2.57. The van der Waals surface area contributed by atoms with Crippen LogP contribution < -0.4 is 0 Å². The van der Waals surface area contributed by atoms with Crippen LogP contribution in [0.1, 0.15) is 32.8 Å². The largest absolute Gasteiger partial charge is 0.444 e. The van der Waals surface area contributed by atoms with Crippen molar-refractivity contribution in [1.29, 1.82) is 0 Å². The molecule has 3 heterocycles. The van der Waals surface area contributed by atoms with Crippen LogP contribution in [0.25, 0.3) is 5.57 Å². The first-order chi connectivity index (χ1) is 9.94. The van der Waals surface area contributed by atoms with Gasteiger partial charge in [0.2, 0.25) is 0 Å². The van der Waals surface area contributed by atoms with Crippen molar-refractivity contribution in [1.82, 2.24) is 4.90 Å². The van der Waals surface area contributed by atoms with Gasteiger partial charge in [-0.3, -0.25) is 4.90 Å². The van der Waals surface area contributed by atoms with Gasteiger partial charge in [0.1, 0.15) is 5.60 Å². The number of carbonyl (C=O) groups excluding carboxylic acids is 1. The second-order valence-electron chi connectivity index (χ2n) is 6.55. The van der Waals surface area contributed by atoms with Crippen LogP contribution in [-0.4, -0.2) is 41.9 Å². The summed E-state index contributed by atoms with van der Waals surface area (Å²) in [5.41, 5.74) is 2.11. The van der Waals surface area contributed by atoms with Crippen LogP contribution in [0.2, 0.25) is 0 Å². The normalized spacial score (nSPS) is 25.5. The predicted molar refractivity (Wildman–Crippen MR) is 83.4 cm³/mol. The number of fused-ring (bicyclic) bond motifs is 2. The minimum absolute atomic E-state index is 0.0257. The van der Waals surface area contributed by atoms with Crippen molar-refractivity contribution >= 4 is 23.0 Å². The van der Waals surface area contributed by atoms with Crippen molar-refractivity contribution in [2.45, 2.75) is 44.9 Å². The Balaban J connectivity index is 1.83. The third kappa shape index (κ3) is 3.14. The van der Waals surface area contributed by atoms with Gasteiger partial charge >= 0.3 is 6.09 Å². The van der Waals surface area contributed by atoms with E-state index in [2.05, 4.69) is 22.9 Å². The van der Waals surface area contributed by atoms with Gasteiger partial charge in [-0.1, -0.05) is 6.08 Å². The molecule has 2 aliphatic rings. The number of amides is 1. The van der Waals surface area contributed by atoms with Crippen LogP contribution in [-0.2, 0) is 9.47 Å². The van der Waals surface area contributed by atoms with E-state index < -0.39 is 5.60 Å². The molecule has 3 rings (SSSR count). The van der Waals surface area contributed by atoms with Crippen LogP contribution >= 0.6 is 11.3 Å². The molecule has 0 aliphatic carbocycles. The average Bonchev–Trinajstić information content (AvgIpc) is 2.88. The lowest BCUT2D eigenvalue weighted by molar-refractivity contribution is -0.0510. The number of ether oxygens (including phenoxy) is 2. The summed E-state index contributed by atoms with van der Waals surface area (Å²) >= 11 is 1.70. The minimum Gasteiger partial charge on any atom is -0.444 e. The third-order valence-corrected chi connectivity index (χ3v) is 4.38. The molecule has 5 heteroatoms. The second-order valence-corrected chi connectivity index (χ2v) is 7.33. The highest BCUT2D eigenvalue weighted by Gasteiger charge is 2.40. The molecule has 0 spiro atoms. The number of thiophene rings is 1. The molecule has 1 saturated heterocycles. The van der Waals surface area contributed by atoms with Gasteiger partial charge in [0, 0.05) is 0 Å². The highest BCUT2D eigenvalue weighted by molar-refractivity contribution is 7.08. The number of hydrogen-bond acceptors (Lipinski definition) is 4. The molecule has 1 aromatic rings. The zero-order valence-electron chi connectivity index (χ0n) is 12.7. The highest BCUT2D eigenvalue weighted by Crippen LogP contribution is 2.34. The maximum atomic E-state index is 12.4. The van der Waals surface area contributed by atoms with Crippen LogP contribution in [0.15, 0.2) is 22.9 Å². The molecule has 0 N–H and O–H groups in total. The maximum Gasteiger partial charge on any atom is 0.411 e. The Morgan fingerprint density at radius 2 is 2.24 bits per heavy atom. The number of nitrogens with zero attached hydrogens (tertiary/aromatic N) is 1. The lowest BCUT2D eigenvalue weighted by atomic mass is 9.91. The summed E-state index contributed by atoms with van der Waals surface area (Å²) in [6.45, 7) is 6.82. The van der Waals surface area contributed by atoms with Gasteiger partial charge in [-0.15, -0.1) is 0 Å². The van der Waals surface area contributed by atoms with Crippen molar-refractivity contribution in [3.05, 3.63) is 28.5 Å². The topological polar surface area (TPSA) is 38.8 Å². The van der Waals surface area contributed by atoms with Crippen LogP contribution in [0, 0.1) is 0 Å². The zero-order valence-corrected chi connectivity index (χ0v) is 13.5. The van der Waals surface area contributed by atoms with E-state index >= 15 is 0 Å². The van der Waals surface area contributed by atoms with Crippen molar-refractivity contribution in [2.24, 2.45) is 0 Å². The first-order valence-corrected chi connectivity index (χ1v) is 8.20. The summed E-state index contributed by atoms with van der Waals surface area (Å²) in [6, 6.07) is 2.18. The Kier molecular flexibility index (Phi) is 3.80. The second kappa shape index (κ2) is 5.46. The highest BCUT2D eigenvalue weighted by atomic mass is 32.1. The van der Waals surface area contributed by atoms with Gasteiger partial charge in [0.15, 0.2) is 0 Å². The van der Waals surface area contributed by atoms with E-state index in [0.717, 1.165) is 6.42 Å². The van der Waals surface area contributed by atoms with Gasteiger partial charge < -0.3 is 9.47 Å². The van der Waals surface area contributed by atoms with Gasteiger partial charge in [-0.05, 0) is 55.2 Å². The summed E-state index contributed by atoms with van der Waals surface area (Å²) in [5, 5.41) is 4.24. The molecule has 1 aromatic heterocycles. The van der Waals surface area contributed by atoms with E-state index in [1.165, 1.54) is 11.1 Å². The first-order valence-electron chi connectivity index (χ1n) is 7.26. The van der Waals surface area contributed by atoms with E-state index in [4.69, 9.17) is 9.47 Å². The number of hydrogen-bond donors (Lipinski definition) is 0. The molecule has 21 heavy (non-hydrogen) atoms. The van der Waals surface area contributed by atoms with Crippen LogP contribution in [0.3, 0.4) is 0 Å². The quantitative estimate of drug-likeness (QED) is 0.796. The third-order valence-electron chi connectivity index (χ3n) is 3.69. The molecule has 1 fully saturated rings. The molecule has 4 nitrogen and oxygen atoms in total. The van der Waals surface area contributed by atoms with Gasteiger partial charge in [0.05, 0.1) is 25.3 Å². The van der Waals surface area contributed by atoms with Crippen molar-refractivity contribution in [2.75, 3.05) is 13.2 Å². The minimum atomic E-state index is -0.469. The lowest BCUT2D eigenvalue weighted by Gasteiger charge is -2.44. The van der Waals surface area contributed by atoms with Gasteiger partial charge in [-0.25, -0.2) is 4.79 Å². The Morgan fingerprint density at radius 3 is 2.86 bits per heavy atom. The smallest absolute Gasteiger partial charge is 0.411 e. The fourth-order valence-corrected chi connectivity index (χ4v) is 3.54. The molecule has 0 radical (unpaired) electrons. The number of morpholine rings is 1.